The number of nitrogens with two attached hydrogens (primary N) is 1. The number of carbonyl (C=O) groups excluding carboxylic acids is 1. The fourth-order valence-electron chi connectivity index (χ4n) is 3.19. The molecule has 1 saturated heterocycles. The van der Waals surface area contributed by atoms with Gasteiger partial charge in [-0.25, -0.2) is 4.98 Å². The van der Waals surface area contributed by atoms with Crippen LogP contribution in [0.5, 0.6) is 11.5 Å². The minimum Gasteiger partial charge on any atom is -0.493 e. The van der Waals surface area contributed by atoms with Crippen LogP contribution in [0.15, 0.2) is 34.9 Å². The predicted octanol–water partition coefficient (Wildman–Crippen LogP) is 1.78. The van der Waals surface area contributed by atoms with Gasteiger partial charge in [0.1, 0.15) is 5.82 Å². The number of fused-ring (bicyclic) bond motifs is 1. The molecule has 4 rings (SSSR count). The molecule has 28 heavy (non-hydrogen) atoms. The average molecular weight is 386 g/mol. The zero-order valence-corrected chi connectivity index (χ0v) is 15.2. The van der Waals surface area contributed by atoms with Gasteiger partial charge in [-0.2, -0.15) is 4.98 Å². The molecule has 1 aliphatic rings. The summed E-state index contributed by atoms with van der Waals surface area (Å²) in [4.78, 5) is 25.0. The van der Waals surface area contributed by atoms with Gasteiger partial charge in [-0.1, -0.05) is 0 Å². The van der Waals surface area contributed by atoms with Crippen LogP contribution in [0.2, 0.25) is 0 Å². The van der Waals surface area contributed by atoms with Crippen molar-refractivity contribution in [2.45, 2.75) is 0 Å². The molecule has 0 radical (unpaired) electrons. The second-order valence-electron chi connectivity index (χ2n) is 6.29. The van der Waals surface area contributed by atoms with Crippen molar-refractivity contribution in [3.8, 4) is 11.5 Å². The largest absolute Gasteiger partial charge is 0.493 e. The number of anilines is 2. The van der Waals surface area contributed by atoms with Gasteiger partial charge in [0, 0.05) is 37.6 Å². The highest BCUT2D eigenvalue weighted by Crippen LogP contribution is 2.34. The van der Waals surface area contributed by atoms with Gasteiger partial charge in [0.05, 0.1) is 30.0 Å². The lowest BCUT2D eigenvalue weighted by Gasteiger charge is -2.34. The van der Waals surface area contributed by atoms with E-state index < -0.39 is 7.04 Å². The van der Waals surface area contributed by atoms with Crippen molar-refractivity contribution in [2.75, 3.05) is 51.0 Å². The molecule has 2 aromatic heterocycles. The Bertz CT molecular complexity index is 1100. The van der Waals surface area contributed by atoms with Crippen LogP contribution in [-0.2, 0) is 0 Å². The molecule has 0 atom stereocenters. The number of carbonyl (C=O) groups is 1. The highest BCUT2D eigenvalue weighted by molar-refractivity contribution is 5.92. The number of nitrogen functional groups attached to an aromatic ring is 1. The molecule has 9 nitrogen and oxygen atoms in total. The number of methoxy groups -OCH3 is 2. The lowest BCUT2D eigenvalue weighted by Crippen LogP contribution is -2.49. The third kappa shape index (κ3) is 3.15. The van der Waals surface area contributed by atoms with Gasteiger partial charge in [-0.05, 0) is 18.2 Å². The maximum absolute atomic E-state index is 12.4. The highest BCUT2D eigenvalue weighted by atomic mass is 16.5. The lowest BCUT2D eigenvalue weighted by atomic mass is 10.2. The third-order valence-corrected chi connectivity index (χ3v) is 4.69. The number of ether oxygens (including phenoxy) is 2. The summed E-state index contributed by atoms with van der Waals surface area (Å²) in [6.07, 6.45) is 1.47. The Balaban J connectivity index is 1.56. The standard InChI is InChI=1S/C19H21N5O4/c1-26-15-10-12-13(11-16(15)27-2)21-19(22-17(12)20)24-7-5-23(6-8-24)18(25)14-4-3-9-28-14/h3-4,9-11H,5-8H2,1-2H3,(H2,20,21,22)/i1D3. The van der Waals surface area contributed by atoms with Gasteiger partial charge < -0.3 is 29.4 Å². The highest BCUT2D eigenvalue weighted by Gasteiger charge is 2.25. The number of hydrogen-bond donors (Lipinski definition) is 1. The van der Waals surface area contributed by atoms with Crippen LogP contribution >= 0.6 is 0 Å². The summed E-state index contributed by atoms with van der Waals surface area (Å²) >= 11 is 0. The van der Waals surface area contributed by atoms with Crippen molar-refractivity contribution in [2.24, 2.45) is 0 Å². The normalized spacial score (nSPS) is 16.4. The van der Waals surface area contributed by atoms with Crippen LogP contribution in [0.3, 0.4) is 0 Å². The van der Waals surface area contributed by atoms with E-state index in [1.165, 1.54) is 19.4 Å². The predicted molar refractivity (Wildman–Crippen MR) is 104 cm³/mol. The first-order valence-corrected chi connectivity index (χ1v) is 8.67. The Morgan fingerprint density at radius 3 is 2.68 bits per heavy atom. The number of hydrogen-bond acceptors (Lipinski definition) is 8. The molecule has 1 amide bonds. The fourth-order valence-corrected chi connectivity index (χ4v) is 3.19. The van der Waals surface area contributed by atoms with Crippen LogP contribution in [0, 0.1) is 0 Å². The molecule has 1 fully saturated rings. The van der Waals surface area contributed by atoms with Crippen molar-refractivity contribution in [1.82, 2.24) is 14.9 Å². The van der Waals surface area contributed by atoms with Gasteiger partial charge >= 0.3 is 0 Å². The number of piperazine rings is 1. The first-order valence-electron chi connectivity index (χ1n) is 10.2. The number of aromatic nitrogens is 2. The molecule has 0 saturated carbocycles. The Hall–Kier alpha value is -3.49. The van der Waals surface area contributed by atoms with Crippen molar-refractivity contribution >= 4 is 28.6 Å². The molecule has 1 aliphatic heterocycles. The second-order valence-corrected chi connectivity index (χ2v) is 6.29. The third-order valence-electron chi connectivity index (χ3n) is 4.69. The van der Waals surface area contributed by atoms with Crippen molar-refractivity contribution in [3.63, 3.8) is 0 Å². The minimum absolute atomic E-state index is 0.0307. The molecule has 0 bridgehead atoms. The number of amides is 1. The Morgan fingerprint density at radius 2 is 2.00 bits per heavy atom. The lowest BCUT2D eigenvalue weighted by molar-refractivity contribution is 0.0714. The van der Waals surface area contributed by atoms with E-state index in [1.54, 1.807) is 23.1 Å². The zero-order chi connectivity index (χ0) is 22.2. The summed E-state index contributed by atoms with van der Waals surface area (Å²) in [6, 6.07) is 6.34. The summed E-state index contributed by atoms with van der Waals surface area (Å²) in [5.74, 6) is 1.01. The summed E-state index contributed by atoms with van der Waals surface area (Å²) in [6.45, 7) is 2.01. The van der Waals surface area contributed by atoms with Gasteiger partial charge in [-0.15, -0.1) is 0 Å². The minimum atomic E-state index is -2.64. The van der Waals surface area contributed by atoms with E-state index >= 15 is 0 Å². The maximum atomic E-state index is 12.4. The maximum Gasteiger partial charge on any atom is 0.289 e. The Morgan fingerprint density at radius 1 is 1.21 bits per heavy atom. The Labute approximate surface area is 165 Å². The van der Waals surface area contributed by atoms with Crippen LogP contribution in [0.4, 0.5) is 11.8 Å². The first-order chi connectivity index (χ1) is 14.7. The summed E-state index contributed by atoms with van der Waals surface area (Å²) in [5, 5.41) is 0.454. The van der Waals surface area contributed by atoms with Gasteiger partial charge in [-0.3, -0.25) is 4.79 Å². The van der Waals surface area contributed by atoms with Gasteiger partial charge in [0.15, 0.2) is 17.3 Å². The first kappa shape index (κ1) is 14.6. The molecule has 1 aromatic carbocycles. The molecule has 3 heterocycles. The van der Waals surface area contributed by atoms with Gasteiger partial charge in [0.2, 0.25) is 5.95 Å². The average Bonchev–Trinajstić information content (AvgIpc) is 3.27. The van der Waals surface area contributed by atoms with Gasteiger partial charge in [0.25, 0.3) is 5.91 Å². The van der Waals surface area contributed by atoms with Crippen molar-refractivity contribution in [3.05, 3.63) is 36.3 Å². The van der Waals surface area contributed by atoms with E-state index in [4.69, 9.17) is 23.7 Å². The quantitative estimate of drug-likeness (QED) is 0.723. The number of rotatable bonds is 4. The smallest absolute Gasteiger partial charge is 0.289 e. The Kier molecular flexibility index (Phi) is 3.77. The van der Waals surface area contributed by atoms with E-state index in [9.17, 15) is 4.79 Å². The summed E-state index contributed by atoms with van der Waals surface area (Å²) < 4.78 is 37.4. The van der Waals surface area contributed by atoms with E-state index in [1.807, 2.05) is 4.90 Å². The molecule has 0 spiro atoms. The van der Waals surface area contributed by atoms with Crippen molar-refractivity contribution < 1.29 is 22.8 Å². The number of nitrogens with zero attached hydrogens (tertiary/aromatic N) is 4. The monoisotopic (exact) mass is 386 g/mol. The summed E-state index contributed by atoms with van der Waals surface area (Å²) in [7, 11) is -1.22. The number of furan rings is 1. The van der Waals surface area contributed by atoms with E-state index in [0.717, 1.165) is 0 Å². The fraction of sp³-hybridized carbons (Fsp3) is 0.316. The topological polar surface area (TPSA) is 107 Å². The number of benzene rings is 1. The van der Waals surface area contributed by atoms with Crippen LogP contribution in [0.25, 0.3) is 10.9 Å². The molecule has 0 aliphatic carbocycles. The van der Waals surface area contributed by atoms with Crippen LogP contribution < -0.4 is 20.1 Å². The molecule has 146 valence electrons. The van der Waals surface area contributed by atoms with Crippen LogP contribution in [-0.4, -0.2) is 61.1 Å². The summed E-state index contributed by atoms with van der Waals surface area (Å²) in [5.41, 5.74) is 6.63. The SMILES string of the molecule is [2H]C([2H])([2H])Oc1cc2c(N)nc(N3CCN(C(=O)c4ccco4)CC3)nc2cc1OC. The molecule has 9 heteroatoms. The molecular weight excluding hydrogens is 362 g/mol. The molecule has 2 N–H and O–H groups in total. The van der Waals surface area contributed by atoms with Crippen LogP contribution in [0.1, 0.15) is 14.7 Å². The van der Waals surface area contributed by atoms with Crippen molar-refractivity contribution in [1.29, 1.82) is 0 Å². The van der Waals surface area contributed by atoms with E-state index in [2.05, 4.69) is 9.97 Å². The van der Waals surface area contributed by atoms with E-state index in [0.29, 0.717) is 48.8 Å². The molecule has 3 aromatic rings. The second kappa shape index (κ2) is 7.26. The zero-order valence-electron chi connectivity index (χ0n) is 18.2. The molecule has 0 unspecified atom stereocenters. The molecular formula is C19H21N5O4. The van der Waals surface area contributed by atoms with E-state index in [-0.39, 0.29) is 23.2 Å².